The maximum atomic E-state index is 4.95. The van der Waals surface area contributed by atoms with Crippen LogP contribution in [0.1, 0.15) is 0 Å². The van der Waals surface area contributed by atoms with Crippen molar-refractivity contribution in [3.63, 3.8) is 0 Å². The van der Waals surface area contributed by atoms with E-state index in [4.69, 9.17) is 19.4 Å². The Bertz CT molecular complexity index is 157. The SMILES string of the molecule is Brc1ccccc1.[Cl][Zn][Cl]. The second-order valence-corrected chi connectivity index (χ2v) is 6.94. The van der Waals surface area contributed by atoms with Gasteiger partial charge in [0, 0.05) is 4.47 Å². The summed E-state index contributed by atoms with van der Waals surface area (Å²) >= 11 is 2.38. The molecule has 0 fully saturated rings. The first kappa shape index (κ1) is 10.9. The molecule has 0 radical (unpaired) electrons. The van der Waals surface area contributed by atoms with Gasteiger partial charge in [0.1, 0.15) is 0 Å². The van der Waals surface area contributed by atoms with E-state index in [0.29, 0.717) is 0 Å². The minimum atomic E-state index is -0.931. The summed E-state index contributed by atoms with van der Waals surface area (Å²) in [4.78, 5) is 0. The molecule has 0 bridgehead atoms. The first-order chi connectivity index (χ1) is 4.81. The maximum absolute atomic E-state index is 4.95. The van der Waals surface area contributed by atoms with Crippen molar-refractivity contribution in [1.82, 2.24) is 0 Å². The van der Waals surface area contributed by atoms with Gasteiger partial charge < -0.3 is 0 Å². The van der Waals surface area contributed by atoms with Gasteiger partial charge in [-0.1, -0.05) is 34.1 Å². The van der Waals surface area contributed by atoms with Crippen molar-refractivity contribution in [1.29, 1.82) is 0 Å². The molecule has 0 saturated heterocycles. The predicted molar refractivity (Wildman–Crippen MR) is 45.8 cm³/mol. The molecule has 0 aliphatic rings. The summed E-state index contributed by atoms with van der Waals surface area (Å²) in [7, 11) is 9.90. The van der Waals surface area contributed by atoms with Gasteiger partial charge in [-0.2, -0.15) is 0 Å². The number of halogens is 3. The van der Waals surface area contributed by atoms with Crippen LogP contribution in [0.3, 0.4) is 0 Å². The van der Waals surface area contributed by atoms with E-state index in [0.717, 1.165) is 4.47 Å². The van der Waals surface area contributed by atoms with Crippen LogP contribution in [0.5, 0.6) is 0 Å². The molecule has 0 saturated carbocycles. The summed E-state index contributed by atoms with van der Waals surface area (Å²) in [6, 6.07) is 9.97. The van der Waals surface area contributed by atoms with Gasteiger partial charge >= 0.3 is 34.5 Å². The third-order valence-corrected chi connectivity index (χ3v) is 1.26. The molecule has 0 nitrogen and oxygen atoms in total. The molecule has 4 heteroatoms. The number of benzene rings is 1. The quantitative estimate of drug-likeness (QED) is 0.638. The van der Waals surface area contributed by atoms with Crippen LogP contribution in [-0.2, 0) is 15.1 Å². The van der Waals surface area contributed by atoms with E-state index in [2.05, 4.69) is 15.9 Å². The Morgan fingerprint density at radius 1 is 1.10 bits per heavy atom. The van der Waals surface area contributed by atoms with Gasteiger partial charge in [0.05, 0.1) is 0 Å². The van der Waals surface area contributed by atoms with E-state index in [1.54, 1.807) is 0 Å². The second-order valence-electron chi connectivity index (χ2n) is 1.40. The summed E-state index contributed by atoms with van der Waals surface area (Å²) in [5, 5.41) is 0. The number of hydrogen-bond acceptors (Lipinski definition) is 0. The van der Waals surface area contributed by atoms with Crippen LogP contribution in [0, 0.1) is 0 Å². The molecule has 0 heterocycles. The van der Waals surface area contributed by atoms with E-state index < -0.39 is 15.1 Å². The topological polar surface area (TPSA) is 0 Å². The average molecular weight is 293 g/mol. The molecule has 1 aromatic rings. The third-order valence-electron chi connectivity index (χ3n) is 0.733. The zero-order valence-corrected chi connectivity index (χ0v) is 11.3. The molecule has 0 spiro atoms. The number of hydrogen-bond donors (Lipinski definition) is 0. The molecule has 0 atom stereocenters. The van der Waals surface area contributed by atoms with Gasteiger partial charge in [-0.15, -0.1) is 0 Å². The van der Waals surface area contributed by atoms with Crippen molar-refractivity contribution < 1.29 is 15.1 Å². The summed E-state index contributed by atoms with van der Waals surface area (Å²) in [6.07, 6.45) is 0. The van der Waals surface area contributed by atoms with Crippen molar-refractivity contribution in [3.8, 4) is 0 Å². The van der Waals surface area contributed by atoms with Gasteiger partial charge in [-0.25, -0.2) is 0 Å². The molecular weight excluding hydrogens is 288 g/mol. The van der Waals surface area contributed by atoms with Crippen LogP contribution < -0.4 is 0 Å². The zero-order chi connectivity index (χ0) is 7.82. The van der Waals surface area contributed by atoms with Crippen molar-refractivity contribution in [3.05, 3.63) is 34.8 Å². The van der Waals surface area contributed by atoms with Crippen LogP contribution in [0.4, 0.5) is 0 Å². The van der Waals surface area contributed by atoms with Crippen molar-refractivity contribution in [2.24, 2.45) is 0 Å². The number of rotatable bonds is 0. The van der Waals surface area contributed by atoms with E-state index in [9.17, 15) is 0 Å². The Morgan fingerprint density at radius 2 is 1.50 bits per heavy atom. The molecule has 1 rings (SSSR count). The summed E-state index contributed by atoms with van der Waals surface area (Å²) in [5.74, 6) is 0. The fourth-order valence-electron chi connectivity index (χ4n) is 0.415. The van der Waals surface area contributed by atoms with Crippen LogP contribution in [-0.4, -0.2) is 0 Å². The Morgan fingerprint density at radius 3 is 1.70 bits per heavy atom. The van der Waals surface area contributed by atoms with Crippen LogP contribution in [0.15, 0.2) is 34.8 Å². The van der Waals surface area contributed by atoms with Gasteiger partial charge in [0.15, 0.2) is 0 Å². The molecule has 0 unspecified atom stereocenters. The normalized spacial score (nSPS) is 7.10. The van der Waals surface area contributed by atoms with Crippen molar-refractivity contribution >= 4 is 35.3 Å². The first-order valence-corrected chi connectivity index (χ1v) is 11.2. The zero-order valence-electron chi connectivity index (χ0n) is 5.23. The summed E-state index contributed by atoms with van der Waals surface area (Å²) in [6.45, 7) is 0. The standard InChI is InChI=1S/C6H5Br.2ClH.Zn/c7-6-4-2-1-3-5-6;;;/h1-5H;2*1H;/q;;;+2/p-2. The van der Waals surface area contributed by atoms with Gasteiger partial charge in [0.2, 0.25) is 0 Å². The minimum absolute atomic E-state index is 0.931. The molecule has 10 heavy (non-hydrogen) atoms. The molecule has 1 aromatic carbocycles. The Labute approximate surface area is 84.7 Å². The fourth-order valence-corrected chi connectivity index (χ4v) is 0.720. The van der Waals surface area contributed by atoms with Crippen LogP contribution in [0.25, 0.3) is 0 Å². The van der Waals surface area contributed by atoms with Crippen molar-refractivity contribution in [2.45, 2.75) is 0 Å². The fraction of sp³-hybridized carbons (Fsp3) is 0. The predicted octanol–water partition coefficient (Wildman–Crippen LogP) is 3.83. The molecule has 0 amide bonds. The molecular formula is C6H5BrCl2Zn. The van der Waals surface area contributed by atoms with Crippen LogP contribution >= 0.6 is 35.3 Å². The Hall–Kier alpha value is 0.903. The Kier molecular flexibility index (Phi) is 8.73. The van der Waals surface area contributed by atoms with Crippen molar-refractivity contribution in [2.75, 3.05) is 0 Å². The van der Waals surface area contributed by atoms with E-state index >= 15 is 0 Å². The van der Waals surface area contributed by atoms with Gasteiger partial charge in [0.25, 0.3) is 0 Å². The summed E-state index contributed by atoms with van der Waals surface area (Å²) in [5.41, 5.74) is 0. The molecule has 0 aliphatic heterocycles. The van der Waals surface area contributed by atoms with E-state index in [1.807, 2.05) is 30.3 Å². The molecule has 0 aliphatic carbocycles. The van der Waals surface area contributed by atoms with Gasteiger partial charge in [-0.05, 0) is 12.1 Å². The molecule has 0 N–H and O–H groups in total. The summed E-state index contributed by atoms with van der Waals surface area (Å²) < 4.78 is 1.13. The van der Waals surface area contributed by atoms with E-state index in [1.165, 1.54) is 0 Å². The third kappa shape index (κ3) is 7.02. The molecule has 0 aromatic heterocycles. The van der Waals surface area contributed by atoms with E-state index in [-0.39, 0.29) is 0 Å². The van der Waals surface area contributed by atoms with Gasteiger partial charge in [-0.3, -0.25) is 0 Å². The monoisotopic (exact) mass is 290 g/mol. The second kappa shape index (κ2) is 8.00. The van der Waals surface area contributed by atoms with Crippen LogP contribution in [0.2, 0.25) is 0 Å². The molecule has 52 valence electrons. The first-order valence-electron chi connectivity index (χ1n) is 2.63. The average Bonchev–Trinajstić information content (AvgIpc) is 1.91. The Balaban J connectivity index is 0.000000236.